The molecule has 8 heteroatoms. The second-order valence-corrected chi connectivity index (χ2v) is 12.0. The number of likely N-dealkylation sites (tertiary alicyclic amines) is 1. The Bertz CT molecular complexity index is 1360. The van der Waals surface area contributed by atoms with Gasteiger partial charge in [-0.1, -0.05) is 12.1 Å². The van der Waals surface area contributed by atoms with Crippen molar-refractivity contribution in [2.24, 2.45) is 11.3 Å². The molecule has 2 aromatic heterocycles. The zero-order valence-electron chi connectivity index (χ0n) is 21.5. The third-order valence-corrected chi connectivity index (χ3v) is 9.24. The van der Waals surface area contributed by atoms with Crippen molar-refractivity contribution in [1.29, 1.82) is 0 Å². The fraction of sp³-hybridized carbons (Fsp3) is 0.621. The first kappa shape index (κ1) is 23.6. The molecule has 2 N–H and O–H groups in total. The second-order valence-electron chi connectivity index (χ2n) is 12.0. The van der Waals surface area contributed by atoms with E-state index >= 15 is 0 Å². The molecule has 0 bridgehead atoms. The number of fused-ring (bicyclic) bond motifs is 3. The lowest BCUT2D eigenvalue weighted by Gasteiger charge is -2.47. The average Bonchev–Trinajstić information content (AvgIpc) is 3.73. The van der Waals surface area contributed by atoms with E-state index < -0.39 is 0 Å². The SMILES string of the molecule is O=c1c2cc(CN3CCC4(CC3)COC4)ccc2c2cnc(NCC3CC3)nc2n1C1CCC(O)CC1. The third-order valence-electron chi connectivity index (χ3n) is 9.24. The second kappa shape index (κ2) is 9.33. The van der Waals surface area contributed by atoms with Gasteiger partial charge in [-0.05, 0) is 87.4 Å². The van der Waals surface area contributed by atoms with Crippen LogP contribution in [0.3, 0.4) is 0 Å². The van der Waals surface area contributed by atoms with Crippen LogP contribution in [-0.2, 0) is 11.3 Å². The van der Waals surface area contributed by atoms with Gasteiger partial charge in [0, 0.05) is 41.5 Å². The van der Waals surface area contributed by atoms with Crippen LogP contribution in [0.1, 0.15) is 63.0 Å². The number of ether oxygens (including phenoxy) is 1. The molecule has 0 atom stereocenters. The first-order valence-electron chi connectivity index (χ1n) is 14.1. The van der Waals surface area contributed by atoms with Crippen molar-refractivity contribution in [3.63, 3.8) is 0 Å². The first-order chi connectivity index (χ1) is 18.1. The molecule has 2 aliphatic heterocycles. The molecule has 8 nitrogen and oxygen atoms in total. The number of anilines is 1. The van der Waals surface area contributed by atoms with Gasteiger partial charge >= 0.3 is 0 Å². The normalized spacial score (nSPS) is 26.0. The van der Waals surface area contributed by atoms with Crippen LogP contribution in [0.15, 0.2) is 29.2 Å². The first-order valence-corrected chi connectivity index (χ1v) is 14.1. The number of aromatic nitrogens is 3. The number of hydrogen-bond acceptors (Lipinski definition) is 7. The number of rotatable bonds is 6. The average molecular weight is 504 g/mol. The maximum atomic E-state index is 14.1. The van der Waals surface area contributed by atoms with Crippen molar-refractivity contribution >= 4 is 27.8 Å². The van der Waals surface area contributed by atoms with Crippen molar-refractivity contribution in [2.75, 3.05) is 38.2 Å². The smallest absolute Gasteiger partial charge is 0.260 e. The molecular formula is C29H37N5O3. The van der Waals surface area contributed by atoms with Crippen LogP contribution >= 0.6 is 0 Å². The number of aliphatic hydroxyl groups is 1. The Balaban J connectivity index is 1.25. The van der Waals surface area contributed by atoms with E-state index in [1.54, 1.807) is 0 Å². The predicted molar refractivity (Wildman–Crippen MR) is 144 cm³/mol. The molecule has 4 fully saturated rings. The van der Waals surface area contributed by atoms with Gasteiger partial charge in [-0.3, -0.25) is 14.3 Å². The monoisotopic (exact) mass is 503 g/mol. The number of benzene rings is 1. The molecule has 2 aliphatic carbocycles. The van der Waals surface area contributed by atoms with Crippen LogP contribution in [0.25, 0.3) is 21.8 Å². The summed E-state index contributed by atoms with van der Waals surface area (Å²) in [6.07, 6.45) is 9.53. The van der Waals surface area contributed by atoms with Gasteiger partial charge in [0.25, 0.3) is 5.56 Å². The van der Waals surface area contributed by atoms with E-state index in [0.29, 0.717) is 22.9 Å². The highest BCUT2D eigenvalue weighted by Crippen LogP contribution is 2.39. The molecule has 0 amide bonds. The molecule has 2 saturated carbocycles. The Kier molecular flexibility index (Phi) is 5.94. The van der Waals surface area contributed by atoms with E-state index in [2.05, 4.69) is 33.4 Å². The molecule has 2 saturated heterocycles. The van der Waals surface area contributed by atoms with E-state index in [1.165, 1.54) is 31.2 Å². The zero-order valence-corrected chi connectivity index (χ0v) is 21.5. The number of piperidine rings is 1. The largest absolute Gasteiger partial charge is 0.393 e. The standard InChI is InChI=1S/C29H37N5O3/c35-22-6-4-21(5-7-22)34-26-25(15-31-28(32-26)30-14-19-1-2-19)23-8-3-20(13-24(23)27(34)36)16-33-11-9-29(10-12-33)17-37-18-29/h3,8,13,15,19,21-22,35H,1-2,4-7,9-12,14,16-18H2,(H,30,31,32). The third kappa shape index (κ3) is 4.53. The van der Waals surface area contributed by atoms with Crippen molar-refractivity contribution in [2.45, 2.75) is 70.1 Å². The van der Waals surface area contributed by atoms with Gasteiger partial charge in [-0.25, -0.2) is 4.98 Å². The van der Waals surface area contributed by atoms with Crippen LogP contribution in [-0.4, -0.2) is 63.5 Å². The molecular weight excluding hydrogens is 466 g/mol. The molecule has 0 radical (unpaired) electrons. The number of nitrogens with one attached hydrogen (secondary N) is 1. The lowest BCUT2D eigenvalue weighted by Crippen LogP contribution is -2.50. The van der Waals surface area contributed by atoms with Gasteiger partial charge in [0.05, 0.1) is 19.3 Å². The Morgan fingerprint density at radius 3 is 2.51 bits per heavy atom. The Hall–Kier alpha value is -2.55. The zero-order chi connectivity index (χ0) is 25.0. The van der Waals surface area contributed by atoms with Crippen LogP contribution < -0.4 is 10.9 Å². The number of hydrogen-bond donors (Lipinski definition) is 2. The molecule has 7 rings (SSSR count). The minimum Gasteiger partial charge on any atom is -0.393 e. The van der Waals surface area contributed by atoms with Crippen molar-refractivity contribution in [1.82, 2.24) is 19.4 Å². The molecule has 3 aromatic rings. The molecule has 4 aliphatic rings. The van der Waals surface area contributed by atoms with Crippen LogP contribution in [0.4, 0.5) is 5.95 Å². The summed E-state index contributed by atoms with van der Waals surface area (Å²) in [5.74, 6) is 1.31. The van der Waals surface area contributed by atoms with Crippen LogP contribution in [0.5, 0.6) is 0 Å². The van der Waals surface area contributed by atoms with Crippen molar-refractivity contribution in [3.05, 3.63) is 40.3 Å². The van der Waals surface area contributed by atoms with Gasteiger partial charge in [0.1, 0.15) is 5.65 Å². The topological polar surface area (TPSA) is 92.5 Å². The summed E-state index contributed by atoms with van der Waals surface area (Å²) in [5, 5.41) is 16.1. The predicted octanol–water partition coefficient (Wildman–Crippen LogP) is 3.86. The summed E-state index contributed by atoms with van der Waals surface area (Å²) in [6, 6.07) is 6.40. The minimum absolute atomic E-state index is 0.0294. The number of aliphatic hydroxyl groups excluding tert-OH is 1. The summed E-state index contributed by atoms with van der Waals surface area (Å²) in [6.45, 7) is 5.74. The lowest BCUT2D eigenvalue weighted by atomic mass is 9.77. The van der Waals surface area contributed by atoms with E-state index in [4.69, 9.17) is 9.72 Å². The minimum atomic E-state index is -0.272. The van der Waals surface area contributed by atoms with Gasteiger partial charge in [-0.2, -0.15) is 4.98 Å². The number of nitrogens with zero attached hydrogens (tertiary/aromatic N) is 4. The maximum absolute atomic E-state index is 14.1. The lowest BCUT2D eigenvalue weighted by molar-refractivity contribution is -0.140. The Morgan fingerprint density at radius 1 is 1.03 bits per heavy atom. The molecule has 1 aromatic carbocycles. The summed E-state index contributed by atoms with van der Waals surface area (Å²) in [5.41, 5.74) is 2.34. The Morgan fingerprint density at radius 2 is 1.81 bits per heavy atom. The molecule has 37 heavy (non-hydrogen) atoms. The number of pyridine rings is 1. The van der Waals surface area contributed by atoms with E-state index in [0.717, 1.165) is 81.2 Å². The van der Waals surface area contributed by atoms with Crippen molar-refractivity contribution in [3.8, 4) is 0 Å². The molecule has 4 heterocycles. The summed E-state index contributed by atoms with van der Waals surface area (Å²) in [7, 11) is 0. The van der Waals surface area contributed by atoms with E-state index in [-0.39, 0.29) is 17.7 Å². The van der Waals surface area contributed by atoms with Crippen molar-refractivity contribution < 1.29 is 9.84 Å². The molecule has 196 valence electrons. The highest BCUT2D eigenvalue weighted by Gasteiger charge is 2.41. The summed E-state index contributed by atoms with van der Waals surface area (Å²) < 4.78 is 7.40. The quantitative estimate of drug-likeness (QED) is 0.494. The van der Waals surface area contributed by atoms with Crippen LogP contribution in [0.2, 0.25) is 0 Å². The van der Waals surface area contributed by atoms with Crippen LogP contribution in [0, 0.1) is 11.3 Å². The van der Waals surface area contributed by atoms with Gasteiger partial charge in [-0.15, -0.1) is 0 Å². The van der Waals surface area contributed by atoms with E-state index in [9.17, 15) is 9.90 Å². The van der Waals surface area contributed by atoms with Gasteiger partial charge < -0.3 is 15.2 Å². The van der Waals surface area contributed by atoms with Gasteiger partial charge in [0.15, 0.2) is 0 Å². The highest BCUT2D eigenvalue weighted by molar-refractivity contribution is 6.04. The fourth-order valence-electron chi connectivity index (χ4n) is 6.50. The fourth-order valence-corrected chi connectivity index (χ4v) is 6.50. The molecule has 1 spiro atoms. The van der Waals surface area contributed by atoms with E-state index in [1.807, 2.05) is 10.8 Å². The highest BCUT2D eigenvalue weighted by atomic mass is 16.5. The maximum Gasteiger partial charge on any atom is 0.260 e. The van der Waals surface area contributed by atoms with Gasteiger partial charge in [0.2, 0.25) is 5.95 Å². The summed E-state index contributed by atoms with van der Waals surface area (Å²) >= 11 is 0. The molecule has 0 unspecified atom stereocenters. The summed E-state index contributed by atoms with van der Waals surface area (Å²) in [4.78, 5) is 26.1. The Labute approximate surface area is 217 Å².